The van der Waals surface area contributed by atoms with Gasteiger partial charge in [0, 0.05) is 11.6 Å². The van der Waals surface area contributed by atoms with Crippen LogP contribution in [0.3, 0.4) is 0 Å². The molecule has 4 nitrogen and oxygen atoms in total. The standard InChI is InChI=1S/C14H14F9NO3/c1-11(2,3)10(24)6-4-5-7(25-12(15,16)17)9(27-14(21,22)23)8(6)26-13(18,19)20/h4-5,10H,24H2,1-3H3. The van der Waals surface area contributed by atoms with E-state index < -0.39 is 53.4 Å². The smallest absolute Gasteiger partial charge is 0.402 e. The minimum Gasteiger partial charge on any atom is -0.402 e. The van der Waals surface area contributed by atoms with Gasteiger partial charge in [-0.05, 0) is 17.5 Å². The van der Waals surface area contributed by atoms with Crippen LogP contribution < -0.4 is 19.9 Å². The van der Waals surface area contributed by atoms with E-state index in [2.05, 4.69) is 14.2 Å². The molecule has 1 aromatic rings. The molecule has 0 saturated carbocycles. The number of hydrogen-bond donors (Lipinski definition) is 1. The number of rotatable bonds is 4. The summed E-state index contributed by atoms with van der Waals surface area (Å²) in [6.45, 7) is 4.33. The Morgan fingerprint density at radius 2 is 1.11 bits per heavy atom. The van der Waals surface area contributed by atoms with Gasteiger partial charge in [0.1, 0.15) is 0 Å². The lowest BCUT2D eigenvalue weighted by Gasteiger charge is -2.30. The van der Waals surface area contributed by atoms with Crippen molar-refractivity contribution in [2.45, 2.75) is 45.9 Å². The maximum atomic E-state index is 12.7. The Morgan fingerprint density at radius 3 is 1.48 bits per heavy atom. The zero-order valence-electron chi connectivity index (χ0n) is 13.9. The lowest BCUT2D eigenvalue weighted by Crippen LogP contribution is -2.29. The number of ether oxygens (including phenoxy) is 3. The normalized spacial score (nSPS) is 14.7. The molecule has 0 spiro atoms. The van der Waals surface area contributed by atoms with E-state index in [0.29, 0.717) is 12.1 Å². The average Bonchev–Trinajstić information content (AvgIpc) is 2.36. The monoisotopic (exact) mass is 415 g/mol. The van der Waals surface area contributed by atoms with E-state index >= 15 is 0 Å². The quantitative estimate of drug-likeness (QED) is 0.667. The first-order valence-corrected chi connectivity index (χ1v) is 7.00. The number of halogens is 9. The van der Waals surface area contributed by atoms with Crippen molar-refractivity contribution in [2.24, 2.45) is 11.1 Å². The zero-order chi connectivity index (χ0) is 21.4. The molecular weight excluding hydrogens is 401 g/mol. The highest BCUT2D eigenvalue weighted by atomic mass is 19.4. The van der Waals surface area contributed by atoms with Crippen molar-refractivity contribution in [1.29, 1.82) is 0 Å². The summed E-state index contributed by atoms with van der Waals surface area (Å²) in [6, 6.07) is -0.356. The summed E-state index contributed by atoms with van der Waals surface area (Å²) < 4.78 is 123. The number of alkyl halides is 9. The van der Waals surface area contributed by atoms with Gasteiger partial charge in [-0.3, -0.25) is 0 Å². The van der Waals surface area contributed by atoms with E-state index in [-0.39, 0.29) is 0 Å². The summed E-state index contributed by atoms with van der Waals surface area (Å²) in [5, 5.41) is 0. The van der Waals surface area contributed by atoms with Crippen molar-refractivity contribution >= 4 is 0 Å². The topological polar surface area (TPSA) is 53.7 Å². The van der Waals surface area contributed by atoms with Crippen molar-refractivity contribution < 1.29 is 53.7 Å². The minimum absolute atomic E-state index is 0.360. The molecule has 0 aromatic heterocycles. The Labute approximate surface area is 147 Å². The van der Waals surface area contributed by atoms with Crippen molar-refractivity contribution in [1.82, 2.24) is 0 Å². The fourth-order valence-corrected chi connectivity index (χ4v) is 1.91. The fourth-order valence-electron chi connectivity index (χ4n) is 1.91. The first kappa shape index (κ1) is 23.0. The molecule has 0 radical (unpaired) electrons. The average molecular weight is 415 g/mol. The SMILES string of the molecule is CC(C)(C)C(N)c1ccc(OC(F)(F)F)c(OC(F)(F)F)c1OC(F)(F)F. The van der Waals surface area contributed by atoms with Gasteiger partial charge >= 0.3 is 19.1 Å². The molecule has 2 N–H and O–H groups in total. The van der Waals surface area contributed by atoms with Crippen LogP contribution in [-0.2, 0) is 0 Å². The van der Waals surface area contributed by atoms with E-state index in [9.17, 15) is 39.5 Å². The van der Waals surface area contributed by atoms with Crippen LogP contribution in [0.5, 0.6) is 17.2 Å². The van der Waals surface area contributed by atoms with Gasteiger partial charge in [-0.15, -0.1) is 39.5 Å². The lowest BCUT2D eigenvalue weighted by molar-refractivity contribution is -0.293. The molecule has 0 aliphatic carbocycles. The van der Waals surface area contributed by atoms with Crippen LogP contribution >= 0.6 is 0 Å². The molecule has 1 atom stereocenters. The van der Waals surface area contributed by atoms with Crippen molar-refractivity contribution in [3.63, 3.8) is 0 Å². The third kappa shape index (κ3) is 7.23. The molecule has 0 aliphatic heterocycles. The summed E-state index contributed by atoms with van der Waals surface area (Å²) in [4.78, 5) is 0. The third-order valence-electron chi connectivity index (χ3n) is 3.04. The molecule has 0 saturated heterocycles. The molecular formula is C14H14F9NO3. The molecule has 0 amide bonds. The highest BCUT2D eigenvalue weighted by Crippen LogP contribution is 2.49. The van der Waals surface area contributed by atoms with Crippen LogP contribution in [0.4, 0.5) is 39.5 Å². The van der Waals surface area contributed by atoms with Gasteiger partial charge in [-0.25, -0.2) is 0 Å². The van der Waals surface area contributed by atoms with Gasteiger partial charge in [-0.1, -0.05) is 20.8 Å². The third-order valence-corrected chi connectivity index (χ3v) is 3.04. The van der Waals surface area contributed by atoms with E-state index in [1.165, 1.54) is 20.8 Å². The van der Waals surface area contributed by atoms with Gasteiger partial charge in [0.2, 0.25) is 5.75 Å². The molecule has 0 fully saturated rings. The molecule has 1 aromatic carbocycles. The Morgan fingerprint density at radius 1 is 0.704 bits per heavy atom. The fraction of sp³-hybridized carbons (Fsp3) is 0.571. The van der Waals surface area contributed by atoms with Gasteiger partial charge < -0.3 is 19.9 Å². The predicted octanol–water partition coefficient (Wildman–Crippen LogP) is 5.43. The van der Waals surface area contributed by atoms with E-state index in [0.717, 1.165) is 0 Å². The molecule has 1 rings (SSSR count). The molecule has 13 heteroatoms. The number of benzene rings is 1. The van der Waals surface area contributed by atoms with Crippen LogP contribution in [0, 0.1) is 5.41 Å². The second kappa shape index (κ2) is 7.17. The van der Waals surface area contributed by atoms with Crippen molar-refractivity contribution in [3.05, 3.63) is 17.7 Å². The first-order chi connectivity index (χ1) is 11.8. The molecule has 0 bridgehead atoms. The van der Waals surface area contributed by atoms with Crippen LogP contribution in [0.15, 0.2) is 12.1 Å². The van der Waals surface area contributed by atoms with Crippen LogP contribution in [0.25, 0.3) is 0 Å². The van der Waals surface area contributed by atoms with Crippen LogP contribution in [0.1, 0.15) is 32.4 Å². The molecule has 156 valence electrons. The van der Waals surface area contributed by atoms with E-state index in [1.807, 2.05) is 0 Å². The maximum absolute atomic E-state index is 12.7. The Hall–Kier alpha value is -2.05. The van der Waals surface area contributed by atoms with Gasteiger partial charge in [-0.2, -0.15) is 0 Å². The van der Waals surface area contributed by atoms with Crippen LogP contribution in [-0.4, -0.2) is 19.1 Å². The van der Waals surface area contributed by atoms with E-state index in [1.54, 1.807) is 0 Å². The maximum Gasteiger partial charge on any atom is 0.573 e. The van der Waals surface area contributed by atoms with Gasteiger partial charge in [0.05, 0.1) is 0 Å². The Balaban J connectivity index is 3.74. The predicted molar refractivity (Wildman–Crippen MR) is 72.9 cm³/mol. The zero-order valence-corrected chi connectivity index (χ0v) is 13.9. The van der Waals surface area contributed by atoms with Gasteiger partial charge in [0.25, 0.3) is 0 Å². The minimum atomic E-state index is -5.64. The highest BCUT2D eigenvalue weighted by molar-refractivity contribution is 5.57. The van der Waals surface area contributed by atoms with Crippen LogP contribution in [0.2, 0.25) is 0 Å². The molecule has 27 heavy (non-hydrogen) atoms. The first-order valence-electron chi connectivity index (χ1n) is 7.00. The summed E-state index contributed by atoms with van der Waals surface area (Å²) in [5.74, 6) is -5.30. The Kier molecular flexibility index (Phi) is 6.10. The van der Waals surface area contributed by atoms with E-state index in [4.69, 9.17) is 5.73 Å². The Bertz CT molecular complexity index is 660. The summed E-state index contributed by atoms with van der Waals surface area (Å²) in [7, 11) is 0. The largest absolute Gasteiger partial charge is 0.573 e. The number of nitrogens with two attached hydrogens (primary N) is 1. The van der Waals surface area contributed by atoms with Gasteiger partial charge in [0.15, 0.2) is 11.5 Å². The number of hydrogen-bond acceptors (Lipinski definition) is 4. The van der Waals surface area contributed by atoms with Crippen molar-refractivity contribution in [3.8, 4) is 17.2 Å². The second-order valence-electron chi connectivity index (χ2n) is 6.30. The molecule has 0 aliphatic rings. The second-order valence-corrected chi connectivity index (χ2v) is 6.30. The summed E-state index contributed by atoms with van der Waals surface area (Å²) in [6.07, 6.45) is -16.7. The summed E-state index contributed by atoms with van der Waals surface area (Å²) >= 11 is 0. The van der Waals surface area contributed by atoms with Crippen molar-refractivity contribution in [2.75, 3.05) is 0 Å². The lowest BCUT2D eigenvalue weighted by atomic mass is 9.82. The highest BCUT2D eigenvalue weighted by Gasteiger charge is 2.43. The molecule has 1 unspecified atom stereocenters. The molecule has 0 heterocycles. The summed E-state index contributed by atoms with van der Waals surface area (Å²) in [5.41, 5.74) is 4.10.